The number of nitrogens with zero attached hydrogens (tertiary/aromatic N) is 1. The van der Waals surface area contributed by atoms with Gasteiger partial charge in [-0.1, -0.05) is 0 Å². The van der Waals surface area contributed by atoms with E-state index in [1.807, 2.05) is 0 Å². The minimum absolute atomic E-state index is 0.434. The summed E-state index contributed by atoms with van der Waals surface area (Å²) in [4.78, 5) is 11.9. The largest absolute Gasteiger partial charge is 0.456 e. The zero-order valence-corrected chi connectivity index (χ0v) is 6.41. The Labute approximate surface area is 66.1 Å². The van der Waals surface area contributed by atoms with Crippen LogP contribution in [0.2, 0.25) is 0 Å². The van der Waals surface area contributed by atoms with Crippen molar-refractivity contribution in [3.63, 3.8) is 0 Å². The highest BCUT2D eigenvalue weighted by atomic mass is 16.5. The number of hydrogen-bond donors (Lipinski definition) is 0. The Kier molecular flexibility index (Phi) is 3.93. The summed E-state index contributed by atoms with van der Waals surface area (Å²) in [6, 6.07) is 0. The van der Waals surface area contributed by atoms with Gasteiger partial charge in [-0.3, -0.25) is 4.90 Å². The molecule has 4 nitrogen and oxygen atoms in total. The average molecular weight is 158 g/mol. The van der Waals surface area contributed by atoms with Crippen molar-refractivity contribution in [3.05, 3.63) is 0 Å². The fourth-order valence-electron chi connectivity index (χ4n) is 1.04. The van der Waals surface area contributed by atoms with Crippen molar-refractivity contribution < 1.29 is 14.3 Å². The van der Waals surface area contributed by atoms with E-state index in [9.17, 15) is 4.79 Å². The fourth-order valence-corrected chi connectivity index (χ4v) is 1.04. The molecule has 1 heterocycles. The lowest BCUT2D eigenvalue weighted by molar-refractivity contribution is 0.0313. The number of morpholine rings is 1. The highest BCUT2D eigenvalue weighted by molar-refractivity contribution is 5.38. The highest BCUT2D eigenvalue weighted by Gasteiger charge is 2.08. The molecule has 0 amide bonds. The van der Waals surface area contributed by atoms with E-state index in [2.05, 4.69) is 9.64 Å². The molecule has 0 saturated carbocycles. The fraction of sp³-hybridized carbons (Fsp3) is 0.857. The van der Waals surface area contributed by atoms with Gasteiger partial charge in [0, 0.05) is 19.6 Å². The molecule has 63 valence electrons. The molecule has 1 aliphatic heterocycles. The van der Waals surface area contributed by atoms with Gasteiger partial charge in [0.15, 0.2) is 0 Å². The third kappa shape index (κ3) is 3.34. The molecular weight excluding hydrogens is 146 g/mol. The summed E-state index contributed by atoms with van der Waals surface area (Å²) in [5, 5.41) is 0. The number of rotatable bonds is 4. The molecule has 1 fully saturated rings. The first-order valence-electron chi connectivity index (χ1n) is 3.72. The molecule has 0 unspecified atom stereocenters. The molecule has 0 N–H and O–H groups in total. The summed E-state index contributed by atoms with van der Waals surface area (Å²) in [5.74, 6) is 0. The van der Waals surface area contributed by atoms with Crippen LogP contribution in [0, 0.1) is 0 Å². The maximum atomic E-state index is 9.66. The molecule has 1 radical (unpaired) electrons. The molecule has 0 aromatic heterocycles. The van der Waals surface area contributed by atoms with E-state index < -0.39 is 0 Å². The third-order valence-corrected chi connectivity index (χ3v) is 1.67. The Balaban J connectivity index is 2.00. The van der Waals surface area contributed by atoms with Gasteiger partial charge >= 0.3 is 6.47 Å². The van der Waals surface area contributed by atoms with Crippen LogP contribution in [0.1, 0.15) is 0 Å². The smallest absolute Gasteiger partial charge is 0.417 e. The number of ether oxygens (including phenoxy) is 2. The van der Waals surface area contributed by atoms with Gasteiger partial charge in [-0.2, -0.15) is 0 Å². The van der Waals surface area contributed by atoms with Crippen LogP contribution in [0.3, 0.4) is 0 Å². The molecule has 0 bridgehead atoms. The van der Waals surface area contributed by atoms with Crippen LogP contribution in [0.5, 0.6) is 0 Å². The molecule has 1 aliphatic rings. The van der Waals surface area contributed by atoms with Crippen molar-refractivity contribution in [1.29, 1.82) is 0 Å². The predicted molar refractivity (Wildman–Crippen MR) is 38.9 cm³/mol. The maximum absolute atomic E-state index is 9.66. The van der Waals surface area contributed by atoms with Gasteiger partial charge in [0.25, 0.3) is 0 Å². The zero-order valence-electron chi connectivity index (χ0n) is 6.41. The van der Waals surface area contributed by atoms with Crippen LogP contribution in [0.25, 0.3) is 0 Å². The molecule has 0 aromatic rings. The molecule has 0 aliphatic carbocycles. The minimum Gasteiger partial charge on any atom is -0.456 e. The Morgan fingerprint density at radius 1 is 1.45 bits per heavy atom. The standard InChI is InChI=1S/C7H12NO3/c9-7-11-6-3-8-1-4-10-5-2-8/h1-6H2. The number of carbonyl (C=O) groups excluding carboxylic acids is 1. The molecule has 0 spiro atoms. The molecule has 4 heteroatoms. The van der Waals surface area contributed by atoms with Gasteiger partial charge in [-0.05, 0) is 0 Å². The lowest BCUT2D eigenvalue weighted by Gasteiger charge is -2.25. The van der Waals surface area contributed by atoms with Crippen LogP contribution >= 0.6 is 0 Å². The van der Waals surface area contributed by atoms with Crippen molar-refractivity contribution in [2.75, 3.05) is 39.5 Å². The number of hydrogen-bond acceptors (Lipinski definition) is 4. The zero-order chi connectivity index (χ0) is 7.94. The molecular formula is C7H12NO3. The monoisotopic (exact) mass is 158 g/mol. The van der Waals surface area contributed by atoms with Crippen LogP contribution in [0.15, 0.2) is 0 Å². The van der Waals surface area contributed by atoms with Gasteiger partial charge in [0.1, 0.15) is 6.61 Å². The molecule has 1 rings (SSSR count). The summed E-state index contributed by atoms with van der Waals surface area (Å²) < 4.78 is 9.59. The summed E-state index contributed by atoms with van der Waals surface area (Å²) in [6.07, 6.45) is 0. The van der Waals surface area contributed by atoms with E-state index in [0.29, 0.717) is 6.61 Å². The van der Waals surface area contributed by atoms with Crippen molar-refractivity contribution in [1.82, 2.24) is 4.90 Å². The first-order valence-corrected chi connectivity index (χ1v) is 3.72. The van der Waals surface area contributed by atoms with Gasteiger partial charge in [0.05, 0.1) is 13.2 Å². The van der Waals surface area contributed by atoms with Gasteiger partial charge in [-0.15, -0.1) is 0 Å². The summed E-state index contributed by atoms with van der Waals surface area (Å²) in [5.41, 5.74) is 0. The molecule has 0 atom stereocenters. The van der Waals surface area contributed by atoms with Gasteiger partial charge < -0.3 is 9.47 Å². The van der Waals surface area contributed by atoms with E-state index >= 15 is 0 Å². The van der Waals surface area contributed by atoms with Crippen LogP contribution in [-0.4, -0.2) is 50.8 Å². The highest BCUT2D eigenvalue weighted by Crippen LogP contribution is 1.94. The van der Waals surface area contributed by atoms with Crippen LogP contribution < -0.4 is 0 Å². The SMILES string of the molecule is O=[C]OCCN1CCOCC1. The Morgan fingerprint density at radius 2 is 2.18 bits per heavy atom. The van der Waals surface area contributed by atoms with Crippen LogP contribution in [-0.2, 0) is 14.3 Å². The second-order valence-corrected chi connectivity index (χ2v) is 2.39. The average Bonchev–Trinajstić information content (AvgIpc) is 2.07. The maximum Gasteiger partial charge on any atom is 0.417 e. The lowest BCUT2D eigenvalue weighted by atomic mass is 10.4. The summed E-state index contributed by atoms with van der Waals surface area (Å²) in [6.45, 7) is 6.05. The predicted octanol–water partition coefficient (Wildman–Crippen LogP) is -0.598. The Hall–Kier alpha value is -0.610. The summed E-state index contributed by atoms with van der Waals surface area (Å²) in [7, 11) is 0. The van der Waals surface area contributed by atoms with Crippen molar-refractivity contribution in [2.24, 2.45) is 0 Å². The normalized spacial score (nSPS) is 19.6. The van der Waals surface area contributed by atoms with E-state index in [4.69, 9.17) is 4.74 Å². The van der Waals surface area contributed by atoms with E-state index in [-0.39, 0.29) is 0 Å². The lowest BCUT2D eigenvalue weighted by Crippen LogP contribution is -2.38. The Bertz CT molecular complexity index is 112. The first-order chi connectivity index (χ1) is 5.43. The van der Waals surface area contributed by atoms with Crippen molar-refractivity contribution in [3.8, 4) is 0 Å². The summed E-state index contributed by atoms with van der Waals surface area (Å²) >= 11 is 0. The second-order valence-electron chi connectivity index (χ2n) is 2.39. The van der Waals surface area contributed by atoms with Gasteiger partial charge in [0.2, 0.25) is 0 Å². The van der Waals surface area contributed by atoms with Gasteiger partial charge in [-0.25, -0.2) is 4.79 Å². The third-order valence-electron chi connectivity index (χ3n) is 1.67. The minimum atomic E-state index is 0.434. The van der Waals surface area contributed by atoms with Crippen molar-refractivity contribution in [2.45, 2.75) is 0 Å². The second kappa shape index (κ2) is 5.09. The Morgan fingerprint density at radius 3 is 2.82 bits per heavy atom. The van der Waals surface area contributed by atoms with E-state index in [1.165, 1.54) is 6.47 Å². The molecule has 1 saturated heterocycles. The van der Waals surface area contributed by atoms with Crippen molar-refractivity contribution >= 4 is 6.47 Å². The van der Waals surface area contributed by atoms with E-state index in [1.54, 1.807) is 0 Å². The first kappa shape index (κ1) is 8.49. The van der Waals surface area contributed by atoms with Crippen LogP contribution in [0.4, 0.5) is 0 Å². The molecule has 11 heavy (non-hydrogen) atoms. The van der Waals surface area contributed by atoms with E-state index in [0.717, 1.165) is 32.8 Å². The topological polar surface area (TPSA) is 38.8 Å². The molecule has 0 aromatic carbocycles. The quantitative estimate of drug-likeness (QED) is 0.512.